The standard InChI is InChI=1S/C25H19BrIN3O5/c1-34-21-8-4-16(5-9-21)14-29-25(31)19(13-28)10-18-11-22(26)24(23(27)12-18)35-15-17-2-6-20(7-3-17)30(32)33/h2-12H,14-15H2,1H3,(H,29,31)/b19-10-. The third kappa shape index (κ3) is 7.27. The monoisotopic (exact) mass is 647 g/mol. The SMILES string of the molecule is COc1ccc(CNC(=O)/C(C#N)=C\c2cc(Br)c(OCc3ccc([N+](=O)[O-])cc3)c(I)c2)cc1. The van der Waals surface area contributed by atoms with Gasteiger partial charge in [0.05, 0.1) is 20.1 Å². The molecule has 0 spiro atoms. The summed E-state index contributed by atoms with van der Waals surface area (Å²) in [4.78, 5) is 22.9. The summed E-state index contributed by atoms with van der Waals surface area (Å²) in [6.45, 7) is 0.498. The quantitative estimate of drug-likeness (QED) is 0.104. The minimum absolute atomic E-state index is 0.0157. The summed E-state index contributed by atoms with van der Waals surface area (Å²) in [6.07, 6.45) is 1.51. The third-order valence-electron chi connectivity index (χ3n) is 4.84. The van der Waals surface area contributed by atoms with E-state index in [-0.39, 0.29) is 24.4 Å². The minimum Gasteiger partial charge on any atom is -0.497 e. The summed E-state index contributed by atoms with van der Waals surface area (Å²) in [6, 6.07) is 18.9. The molecule has 8 nitrogen and oxygen atoms in total. The Hall–Kier alpha value is -3.43. The van der Waals surface area contributed by atoms with Gasteiger partial charge in [0.1, 0.15) is 29.7 Å². The van der Waals surface area contributed by atoms with Gasteiger partial charge in [-0.1, -0.05) is 12.1 Å². The van der Waals surface area contributed by atoms with Gasteiger partial charge in [0.25, 0.3) is 11.6 Å². The van der Waals surface area contributed by atoms with Crippen molar-refractivity contribution >= 4 is 56.2 Å². The van der Waals surface area contributed by atoms with Crippen molar-refractivity contribution in [3.05, 3.63) is 101 Å². The first-order valence-electron chi connectivity index (χ1n) is 10.2. The van der Waals surface area contributed by atoms with Gasteiger partial charge in [0.15, 0.2) is 0 Å². The fourth-order valence-corrected chi connectivity index (χ4v) is 4.78. The van der Waals surface area contributed by atoms with Crippen molar-refractivity contribution in [2.24, 2.45) is 0 Å². The molecule has 10 heteroatoms. The highest BCUT2D eigenvalue weighted by Crippen LogP contribution is 2.33. The Balaban J connectivity index is 1.67. The van der Waals surface area contributed by atoms with Gasteiger partial charge in [-0.2, -0.15) is 5.26 Å². The Labute approximate surface area is 224 Å². The van der Waals surface area contributed by atoms with Crippen LogP contribution in [-0.4, -0.2) is 17.9 Å². The van der Waals surface area contributed by atoms with Gasteiger partial charge in [-0.05, 0) is 97.7 Å². The summed E-state index contributed by atoms with van der Waals surface area (Å²) in [5.74, 6) is 0.828. The van der Waals surface area contributed by atoms with Crippen molar-refractivity contribution in [2.45, 2.75) is 13.2 Å². The second kappa shape index (κ2) is 12.3. The van der Waals surface area contributed by atoms with E-state index in [1.165, 1.54) is 18.2 Å². The molecule has 0 saturated carbocycles. The first-order chi connectivity index (χ1) is 16.8. The molecule has 3 aromatic rings. The molecule has 0 aromatic heterocycles. The summed E-state index contributed by atoms with van der Waals surface area (Å²) >= 11 is 5.59. The molecular formula is C25H19BrIN3O5. The maximum Gasteiger partial charge on any atom is 0.269 e. The van der Waals surface area contributed by atoms with Crippen LogP contribution in [0.1, 0.15) is 16.7 Å². The number of carbonyl (C=O) groups excluding carboxylic acids is 1. The second-order valence-corrected chi connectivity index (χ2v) is 9.24. The number of nitrogens with zero attached hydrogens (tertiary/aromatic N) is 2. The lowest BCUT2D eigenvalue weighted by atomic mass is 10.1. The van der Waals surface area contributed by atoms with E-state index in [1.807, 2.05) is 18.2 Å². The first kappa shape index (κ1) is 26.2. The van der Waals surface area contributed by atoms with Crippen LogP contribution in [0.5, 0.6) is 11.5 Å². The Morgan fingerprint density at radius 1 is 1.17 bits per heavy atom. The van der Waals surface area contributed by atoms with Crippen LogP contribution < -0.4 is 14.8 Å². The molecule has 0 atom stereocenters. The lowest BCUT2D eigenvalue weighted by Crippen LogP contribution is -2.23. The summed E-state index contributed by atoms with van der Waals surface area (Å²) in [5.41, 5.74) is 2.30. The molecule has 0 radical (unpaired) electrons. The van der Waals surface area contributed by atoms with Gasteiger partial charge in [-0.15, -0.1) is 0 Å². The van der Waals surface area contributed by atoms with Crippen molar-refractivity contribution in [3.63, 3.8) is 0 Å². The van der Waals surface area contributed by atoms with E-state index in [1.54, 1.807) is 43.5 Å². The lowest BCUT2D eigenvalue weighted by molar-refractivity contribution is -0.384. The molecule has 0 unspecified atom stereocenters. The van der Waals surface area contributed by atoms with Gasteiger partial charge >= 0.3 is 0 Å². The number of rotatable bonds is 9. The summed E-state index contributed by atoms with van der Waals surface area (Å²) in [5, 5.41) is 23.0. The van der Waals surface area contributed by atoms with Crippen LogP contribution in [-0.2, 0) is 17.9 Å². The average molecular weight is 648 g/mol. The van der Waals surface area contributed by atoms with E-state index >= 15 is 0 Å². The smallest absolute Gasteiger partial charge is 0.269 e. The van der Waals surface area contributed by atoms with Gasteiger partial charge < -0.3 is 14.8 Å². The molecule has 0 heterocycles. The molecular weight excluding hydrogens is 629 g/mol. The number of carbonyl (C=O) groups is 1. The van der Waals surface area contributed by atoms with Crippen molar-refractivity contribution in [2.75, 3.05) is 7.11 Å². The number of nitrogens with one attached hydrogen (secondary N) is 1. The number of hydrogen-bond donors (Lipinski definition) is 1. The molecule has 0 fully saturated rings. The number of nitro groups is 1. The van der Waals surface area contributed by atoms with Gasteiger partial charge in [0.2, 0.25) is 0 Å². The number of hydrogen-bond acceptors (Lipinski definition) is 6. The largest absolute Gasteiger partial charge is 0.497 e. The molecule has 0 aliphatic rings. The molecule has 35 heavy (non-hydrogen) atoms. The van der Waals surface area contributed by atoms with Crippen molar-refractivity contribution < 1.29 is 19.2 Å². The van der Waals surface area contributed by atoms with Crippen LogP contribution in [0.15, 0.2) is 70.7 Å². The minimum atomic E-state index is -0.479. The van der Waals surface area contributed by atoms with Gasteiger partial charge in [-0.3, -0.25) is 14.9 Å². The fraction of sp³-hybridized carbons (Fsp3) is 0.120. The van der Waals surface area contributed by atoms with E-state index in [0.29, 0.717) is 15.8 Å². The van der Waals surface area contributed by atoms with Crippen LogP contribution in [0.4, 0.5) is 5.69 Å². The zero-order chi connectivity index (χ0) is 25.4. The predicted octanol–water partition coefficient (Wildman–Crippen LogP) is 5.77. The predicted molar refractivity (Wildman–Crippen MR) is 143 cm³/mol. The van der Waals surface area contributed by atoms with Crippen LogP contribution in [0, 0.1) is 25.0 Å². The highest BCUT2D eigenvalue weighted by molar-refractivity contribution is 14.1. The molecule has 178 valence electrons. The Bertz CT molecular complexity index is 1280. The zero-order valence-electron chi connectivity index (χ0n) is 18.5. The maximum atomic E-state index is 12.5. The molecule has 3 rings (SSSR count). The van der Waals surface area contributed by atoms with Gasteiger partial charge in [-0.25, -0.2) is 0 Å². The fourth-order valence-electron chi connectivity index (χ4n) is 3.01. The van der Waals surface area contributed by atoms with Crippen LogP contribution in [0.3, 0.4) is 0 Å². The van der Waals surface area contributed by atoms with Crippen LogP contribution >= 0.6 is 38.5 Å². The number of non-ortho nitro benzene ring substituents is 1. The highest BCUT2D eigenvalue weighted by Gasteiger charge is 2.13. The number of methoxy groups -OCH3 is 1. The second-order valence-electron chi connectivity index (χ2n) is 7.23. The first-order valence-corrected chi connectivity index (χ1v) is 12.1. The molecule has 1 N–H and O–H groups in total. The third-order valence-corrected chi connectivity index (χ3v) is 6.23. The number of benzene rings is 3. The van der Waals surface area contributed by atoms with E-state index < -0.39 is 10.8 Å². The molecule has 0 bridgehead atoms. The normalized spacial score (nSPS) is 10.9. The van der Waals surface area contributed by atoms with E-state index in [9.17, 15) is 20.2 Å². The maximum absolute atomic E-state index is 12.5. The van der Waals surface area contributed by atoms with Crippen molar-refractivity contribution in [1.29, 1.82) is 5.26 Å². The van der Waals surface area contributed by atoms with E-state index in [2.05, 4.69) is 43.8 Å². The summed E-state index contributed by atoms with van der Waals surface area (Å²) < 4.78 is 12.4. The number of ether oxygens (including phenoxy) is 2. The van der Waals surface area contributed by atoms with Crippen LogP contribution in [0.25, 0.3) is 6.08 Å². The molecule has 3 aromatic carbocycles. The van der Waals surface area contributed by atoms with Gasteiger partial charge in [0, 0.05) is 18.7 Å². The molecule has 0 aliphatic carbocycles. The summed E-state index contributed by atoms with van der Waals surface area (Å²) in [7, 11) is 1.58. The number of amides is 1. The van der Waals surface area contributed by atoms with E-state index in [0.717, 1.165) is 20.4 Å². The Morgan fingerprint density at radius 3 is 2.40 bits per heavy atom. The number of nitriles is 1. The average Bonchev–Trinajstić information content (AvgIpc) is 2.85. The Kier molecular flexibility index (Phi) is 9.22. The number of nitro benzene ring substituents is 1. The van der Waals surface area contributed by atoms with Crippen molar-refractivity contribution in [1.82, 2.24) is 5.32 Å². The lowest BCUT2D eigenvalue weighted by Gasteiger charge is -2.12. The van der Waals surface area contributed by atoms with E-state index in [4.69, 9.17) is 9.47 Å². The van der Waals surface area contributed by atoms with Crippen LogP contribution in [0.2, 0.25) is 0 Å². The molecule has 1 amide bonds. The Morgan fingerprint density at radius 2 is 1.83 bits per heavy atom. The van der Waals surface area contributed by atoms with Crippen molar-refractivity contribution in [3.8, 4) is 17.6 Å². The topological polar surface area (TPSA) is 114 Å². The molecule has 0 aliphatic heterocycles. The molecule has 0 saturated heterocycles. The number of halogens is 2. The highest BCUT2D eigenvalue weighted by atomic mass is 127. The zero-order valence-corrected chi connectivity index (χ0v) is 22.2.